The molecule has 1 nitrogen and oxygen atoms in total. The minimum Gasteiger partial charge on any atom is -0.374 e. The molecule has 8 heavy (non-hydrogen) atoms. The van der Waals surface area contributed by atoms with Gasteiger partial charge in [0.2, 0.25) is 0 Å². The summed E-state index contributed by atoms with van der Waals surface area (Å²) in [6.45, 7) is 3.54. The van der Waals surface area contributed by atoms with Crippen molar-refractivity contribution in [2.45, 2.75) is 18.9 Å². The zero-order valence-electron chi connectivity index (χ0n) is 4.68. The van der Waals surface area contributed by atoms with Crippen molar-refractivity contribution >= 4 is 17.2 Å². The summed E-state index contributed by atoms with van der Waals surface area (Å²) in [5.41, 5.74) is 0. The molecule has 0 aromatic rings. The van der Waals surface area contributed by atoms with Crippen LogP contribution in [0.4, 0.5) is 0 Å². The van der Waals surface area contributed by atoms with E-state index in [1.54, 1.807) is 6.08 Å². The molecule has 0 unspecified atom stereocenters. The lowest BCUT2D eigenvalue weighted by atomic mass is 10.6. The molecular formula is C6H9NS. The van der Waals surface area contributed by atoms with Crippen molar-refractivity contribution in [3.8, 4) is 0 Å². The highest BCUT2D eigenvalue weighted by atomic mass is 32.1. The fourth-order valence-electron chi connectivity index (χ4n) is 0.488. The van der Waals surface area contributed by atoms with Crippen LogP contribution in [0.15, 0.2) is 12.7 Å². The van der Waals surface area contributed by atoms with E-state index in [2.05, 4.69) is 11.9 Å². The Labute approximate surface area is 54.8 Å². The SMILES string of the molecule is C=CC(=S)NC1CC1. The molecule has 0 atom stereocenters. The van der Waals surface area contributed by atoms with Crippen molar-refractivity contribution in [2.75, 3.05) is 0 Å². The molecule has 0 saturated heterocycles. The molecule has 1 aliphatic rings. The fraction of sp³-hybridized carbons (Fsp3) is 0.500. The van der Waals surface area contributed by atoms with E-state index in [0.29, 0.717) is 6.04 Å². The van der Waals surface area contributed by atoms with Crippen molar-refractivity contribution in [3.63, 3.8) is 0 Å². The van der Waals surface area contributed by atoms with Crippen LogP contribution >= 0.6 is 12.2 Å². The fourth-order valence-corrected chi connectivity index (χ4v) is 0.654. The summed E-state index contributed by atoms with van der Waals surface area (Å²) < 4.78 is 0. The van der Waals surface area contributed by atoms with Gasteiger partial charge in [-0.2, -0.15) is 0 Å². The van der Waals surface area contributed by atoms with E-state index in [1.165, 1.54) is 12.8 Å². The highest BCUT2D eigenvalue weighted by Crippen LogP contribution is 2.18. The highest BCUT2D eigenvalue weighted by molar-refractivity contribution is 7.80. The molecule has 0 aliphatic heterocycles. The van der Waals surface area contributed by atoms with Crippen LogP contribution in [0, 0.1) is 0 Å². The van der Waals surface area contributed by atoms with Gasteiger partial charge in [0, 0.05) is 6.04 Å². The first-order chi connectivity index (χ1) is 3.83. The third-order valence-electron chi connectivity index (χ3n) is 1.11. The Balaban J connectivity index is 2.16. The molecule has 0 radical (unpaired) electrons. The van der Waals surface area contributed by atoms with E-state index in [9.17, 15) is 0 Å². The lowest BCUT2D eigenvalue weighted by Crippen LogP contribution is -2.20. The molecule has 0 aromatic heterocycles. The molecule has 0 heterocycles. The molecule has 1 saturated carbocycles. The van der Waals surface area contributed by atoms with Gasteiger partial charge in [-0.05, 0) is 18.9 Å². The van der Waals surface area contributed by atoms with Gasteiger partial charge in [-0.25, -0.2) is 0 Å². The molecule has 44 valence electrons. The Bertz CT molecular complexity index is 116. The summed E-state index contributed by atoms with van der Waals surface area (Å²) in [6, 6.07) is 0.667. The minimum atomic E-state index is 0.667. The summed E-state index contributed by atoms with van der Waals surface area (Å²) in [4.78, 5) is 0.785. The molecular weight excluding hydrogens is 118 g/mol. The summed E-state index contributed by atoms with van der Waals surface area (Å²) >= 11 is 4.84. The molecule has 1 fully saturated rings. The van der Waals surface area contributed by atoms with Crippen molar-refractivity contribution in [1.29, 1.82) is 0 Å². The Morgan fingerprint density at radius 1 is 1.75 bits per heavy atom. The molecule has 1 aliphatic carbocycles. The Hall–Kier alpha value is -0.370. The lowest BCUT2D eigenvalue weighted by Gasteiger charge is -1.97. The van der Waals surface area contributed by atoms with Crippen LogP contribution in [0.3, 0.4) is 0 Å². The summed E-state index contributed by atoms with van der Waals surface area (Å²) in [6.07, 6.45) is 4.22. The van der Waals surface area contributed by atoms with Gasteiger partial charge in [-0.1, -0.05) is 18.8 Å². The van der Waals surface area contributed by atoms with Gasteiger partial charge in [0.15, 0.2) is 0 Å². The zero-order chi connectivity index (χ0) is 5.98. The summed E-state index contributed by atoms with van der Waals surface area (Å²) in [5.74, 6) is 0. The van der Waals surface area contributed by atoms with Gasteiger partial charge in [0.25, 0.3) is 0 Å². The summed E-state index contributed by atoms with van der Waals surface area (Å²) in [5, 5.41) is 3.12. The van der Waals surface area contributed by atoms with Crippen LogP contribution in [0.5, 0.6) is 0 Å². The second-order valence-electron chi connectivity index (χ2n) is 1.99. The van der Waals surface area contributed by atoms with E-state index in [4.69, 9.17) is 12.2 Å². The third-order valence-corrected chi connectivity index (χ3v) is 1.39. The number of hydrogen-bond donors (Lipinski definition) is 1. The maximum atomic E-state index is 4.84. The topological polar surface area (TPSA) is 12.0 Å². The third kappa shape index (κ3) is 1.62. The van der Waals surface area contributed by atoms with E-state index in [0.717, 1.165) is 4.99 Å². The molecule has 0 aromatic carbocycles. The van der Waals surface area contributed by atoms with Crippen LogP contribution in [-0.4, -0.2) is 11.0 Å². The van der Waals surface area contributed by atoms with Gasteiger partial charge in [-0.15, -0.1) is 0 Å². The van der Waals surface area contributed by atoms with Crippen molar-refractivity contribution in [3.05, 3.63) is 12.7 Å². The Kier molecular flexibility index (Phi) is 1.63. The largest absolute Gasteiger partial charge is 0.374 e. The number of nitrogens with one attached hydrogen (secondary N) is 1. The number of hydrogen-bond acceptors (Lipinski definition) is 1. The predicted molar refractivity (Wildman–Crippen MR) is 39.0 cm³/mol. The molecule has 0 bridgehead atoms. The highest BCUT2D eigenvalue weighted by Gasteiger charge is 2.20. The van der Waals surface area contributed by atoms with E-state index in [1.807, 2.05) is 0 Å². The van der Waals surface area contributed by atoms with Crippen LogP contribution in [-0.2, 0) is 0 Å². The minimum absolute atomic E-state index is 0.667. The lowest BCUT2D eigenvalue weighted by molar-refractivity contribution is 0.925. The second kappa shape index (κ2) is 2.27. The predicted octanol–water partition coefficient (Wildman–Crippen LogP) is 1.25. The van der Waals surface area contributed by atoms with Crippen molar-refractivity contribution < 1.29 is 0 Å². The van der Waals surface area contributed by atoms with Crippen LogP contribution < -0.4 is 5.32 Å². The van der Waals surface area contributed by atoms with Gasteiger partial charge in [-0.3, -0.25) is 0 Å². The number of rotatable bonds is 2. The average molecular weight is 127 g/mol. The van der Waals surface area contributed by atoms with E-state index in [-0.39, 0.29) is 0 Å². The van der Waals surface area contributed by atoms with Crippen molar-refractivity contribution in [1.82, 2.24) is 5.32 Å². The normalized spacial score (nSPS) is 17.5. The Morgan fingerprint density at radius 2 is 2.38 bits per heavy atom. The Morgan fingerprint density at radius 3 is 2.75 bits per heavy atom. The molecule has 0 amide bonds. The zero-order valence-corrected chi connectivity index (χ0v) is 5.50. The van der Waals surface area contributed by atoms with Crippen LogP contribution in [0.25, 0.3) is 0 Å². The molecule has 0 spiro atoms. The maximum absolute atomic E-state index is 4.84. The van der Waals surface area contributed by atoms with Gasteiger partial charge >= 0.3 is 0 Å². The van der Waals surface area contributed by atoms with Crippen LogP contribution in [0.2, 0.25) is 0 Å². The molecule has 1 N–H and O–H groups in total. The molecule has 1 rings (SSSR count). The van der Waals surface area contributed by atoms with Gasteiger partial charge < -0.3 is 5.32 Å². The summed E-state index contributed by atoms with van der Waals surface area (Å²) in [7, 11) is 0. The monoisotopic (exact) mass is 127 g/mol. The molecule has 2 heteroatoms. The van der Waals surface area contributed by atoms with Crippen molar-refractivity contribution in [2.24, 2.45) is 0 Å². The first kappa shape index (κ1) is 5.76. The average Bonchev–Trinajstić information content (AvgIpc) is 2.50. The van der Waals surface area contributed by atoms with E-state index < -0.39 is 0 Å². The quantitative estimate of drug-likeness (QED) is 0.442. The standard InChI is InChI=1S/C6H9NS/c1-2-6(8)7-5-3-4-5/h2,5H,1,3-4H2,(H,7,8). The van der Waals surface area contributed by atoms with Gasteiger partial charge in [0.1, 0.15) is 0 Å². The maximum Gasteiger partial charge on any atom is 0.0984 e. The van der Waals surface area contributed by atoms with Crippen LogP contribution in [0.1, 0.15) is 12.8 Å². The first-order valence-corrected chi connectivity index (χ1v) is 3.16. The number of thiocarbonyl (C=S) groups is 1. The second-order valence-corrected chi connectivity index (χ2v) is 2.43. The van der Waals surface area contributed by atoms with Gasteiger partial charge in [0.05, 0.1) is 4.99 Å². The smallest absolute Gasteiger partial charge is 0.0984 e. The first-order valence-electron chi connectivity index (χ1n) is 2.76. The van der Waals surface area contributed by atoms with E-state index >= 15 is 0 Å².